The van der Waals surface area contributed by atoms with Gasteiger partial charge in [-0.05, 0) is 37.8 Å². The number of hydrogen-bond donors (Lipinski definition) is 2. The lowest BCUT2D eigenvalue weighted by molar-refractivity contribution is 0.0891. The molecule has 0 radical (unpaired) electrons. The second-order valence-corrected chi connectivity index (χ2v) is 6.04. The Hall–Kier alpha value is -2.70. The summed E-state index contributed by atoms with van der Waals surface area (Å²) in [5.41, 5.74) is 0.555. The number of amides is 1. The molecule has 1 aromatic carbocycles. The predicted octanol–water partition coefficient (Wildman–Crippen LogP) is 2.55. The molecule has 2 N–H and O–H groups in total. The summed E-state index contributed by atoms with van der Waals surface area (Å²) in [7, 11) is 3.21. The summed E-state index contributed by atoms with van der Waals surface area (Å²) in [4.78, 5) is 12.1. The standard InChI is InChI=1S/C18H23N3O4/c1-23-15-4-3-5-16(17(15)24-2)25-14-8-6-13(7-9-14)21-18(22)12-10-19-20-11-12/h3-5,10-11,13-14H,6-9H2,1-2H3,(H,19,20)(H,21,22). The number of hydrogen-bond acceptors (Lipinski definition) is 5. The predicted molar refractivity (Wildman–Crippen MR) is 92.3 cm³/mol. The summed E-state index contributed by atoms with van der Waals surface area (Å²) in [5, 5.41) is 9.49. The van der Waals surface area contributed by atoms with Crippen molar-refractivity contribution in [2.45, 2.75) is 37.8 Å². The van der Waals surface area contributed by atoms with Crippen molar-refractivity contribution in [3.63, 3.8) is 0 Å². The third kappa shape index (κ3) is 4.04. The van der Waals surface area contributed by atoms with Gasteiger partial charge in [-0.25, -0.2) is 0 Å². The molecular formula is C18H23N3O4. The Bertz CT molecular complexity index is 694. The number of rotatable bonds is 6. The van der Waals surface area contributed by atoms with Crippen molar-refractivity contribution in [3.05, 3.63) is 36.2 Å². The second-order valence-electron chi connectivity index (χ2n) is 6.04. The lowest BCUT2D eigenvalue weighted by atomic mass is 9.92. The minimum absolute atomic E-state index is 0.0902. The number of ether oxygens (including phenoxy) is 3. The van der Waals surface area contributed by atoms with Crippen molar-refractivity contribution in [1.82, 2.24) is 15.5 Å². The molecule has 7 heteroatoms. The van der Waals surface area contributed by atoms with Gasteiger partial charge in [-0.3, -0.25) is 9.89 Å². The summed E-state index contributed by atoms with van der Waals surface area (Å²) in [6.07, 6.45) is 6.72. The first-order chi connectivity index (χ1) is 12.2. The molecule has 1 aliphatic rings. The van der Waals surface area contributed by atoms with E-state index in [0.29, 0.717) is 22.8 Å². The first kappa shape index (κ1) is 17.1. The summed E-state index contributed by atoms with van der Waals surface area (Å²) in [5.74, 6) is 1.86. The quantitative estimate of drug-likeness (QED) is 0.840. The molecule has 25 heavy (non-hydrogen) atoms. The third-order valence-corrected chi connectivity index (χ3v) is 4.43. The lowest BCUT2D eigenvalue weighted by Gasteiger charge is -2.30. The van der Waals surface area contributed by atoms with E-state index in [9.17, 15) is 4.79 Å². The minimum Gasteiger partial charge on any atom is -0.493 e. The van der Waals surface area contributed by atoms with E-state index < -0.39 is 0 Å². The highest BCUT2D eigenvalue weighted by molar-refractivity contribution is 5.93. The van der Waals surface area contributed by atoms with E-state index in [0.717, 1.165) is 25.7 Å². The van der Waals surface area contributed by atoms with Gasteiger partial charge in [0.05, 0.1) is 32.1 Å². The molecule has 0 saturated heterocycles. The molecule has 1 saturated carbocycles. The Balaban J connectivity index is 1.54. The van der Waals surface area contributed by atoms with Crippen LogP contribution in [-0.4, -0.2) is 42.5 Å². The number of benzene rings is 1. The van der Waals surface area contributed by atoms with Gasteiger partial charge in [-0.2, -0.15) is 5.10 Å². The summed E-state index contributed by atoms with van der Waals surface area (Å²) < 4.78 is 16.8. The average Bonchev–Trinajstić information content (AvgIpc) is 3.18. The molecular weight excluding hydrogens is 322 g/mol. The fourth-order valence-corrected chi connectivity index (χ4v) is 3.10. The molecule has 0 bridgehead atoms. The number of nitrogens with one attached hydrogen (secondary N) is 2. The van der Waals surface area contributed by atoms with Gasteiger partial charge < -0.3 is 19.5 Å². The van der Waals surface area contributed by atoms with E-state index >= 15 is 0 Å². The average molecular weight is 345 g/mol. The zero-order chi connectivity index (χ0) is 17.6. The SMILES string of the molecule is COc1cccc(OC2CCC(NC(=O)c3cn[nH]c3)CC2)c1OC. The summed E-state index contributed by atoms with van der Waals surface area (Å²) in [6.45, 7) is 0. The van der Waals surface area contributed by atoms with E-state index in [1.165, 1.54) is 6.20 Å². The van der Waals surface area contributed by atoms with Crippen LogP contribution < -0.4 is 19.5 Å². The fourth-order valence-electron chi connectivity index (χ4n) is 3.10. The Morgan fingerprint density at radius 2 is 1.92 bits per heavy atom. The highest BCUT2D eigenvalue weighted by Gasteiger charge is 2.25. The highest BCUT2D eigenvalue weighted by Crippen LogP contribution is 2.38. The maximum Gasteiger partial charge on any atom is 0.254 e. The molecule has 1 aliphatic carbocycles. The highest BCUT2D eigenvalue weighted by atomic mass is 16.5. The number of H-pyrrole nitrogens is 1. The van der Waals surface area contributed by atoms with Gasteiger partial charge in [0.15, 0.2) is 11.5 Å². The van der Waals surface area contributed by atoms with Crippen molar-refractivity contribution in [3.8, 4) is 17.2 Å². The molecule has 0 atom stereocenters. The Morgan fingerprint density at radius 1 is 1.16 bits per heavy atom. The Morgan fingerprint density at radius 3 is 2.56 bits per heavy atom. The van der Waals surface area contributed by atoms with E-state index in [-0.39, 0.29) is 18.1 Å². The van der Waals surface area contributed by atoms with Gasteiger partial charge in [0, 0.05) is 12.2 Å². The molecule has 134 valence electrons. The van der Waals surface area contributed by atoms with Crippen LogP contribution in [0.2, 0.25) is 0 Å². The molecule has 2 aromatic rings. The third-order valence-electron chi connectivity index (χ3n) is 4.43. The van der Waals surface area contributed by atoms with E-state index in [1.54, 1.807) is 20.4 Å². The fraction of sp³-hybridized carbons (Fsp3) is 0.444. The van der Waals surface area contributed by atoms with Crippen LogP contribution in [0.15, 0.2) is 30.6 Å². The zero-order valence-electron chi connectivity index (χ0n) is 14.5. The monoisotopic (exact) mass is 345 g/mol. The van der Waals surface area contributed by atoms with E-state index in [2.05, 4.69) is 15.5 Å². The first-order valence-electron chi connectivity index (χ1n) is 8.38. The molecule has 0 aliphatic heterocycles. The Kier molecular flexibility index (Phi) is 5.42. The van der Waals surface area contributed by atoms with Crippen LogP contribution in [0.25, 0.3) is 0 Å². The Labute approximate surface area is 146 Å². The first-order valence-corrected chi connectivity index (χ1v) is 8.38. The smallest absolute Gasteiger partial charge is 0.254 e. The maximum absolute atomic E-state index is 12.1. The maximum atomic E-state index is 12.1. The zero-order valence-corrected chi connectivity index (χ0v) is 14.5. The van der Waals surface area contributed by atoms with E-state index in [4.69, 9.17) is 14.2 Å². The van der Waals surface area contributed by atoms with Crippen LogP contribution in [0.5, 0.6) is 17.2 Å². The van der Waals surface area contributed by atoms with Gasteiger partial charge >= 0.3 is 0 Å². The van der Waals surface area contributed by atoms with Gasteiger partial charge in [-0.1, -0.05) is 6.07 Å². The van der Waals surface area contributed by atoms with Crippen molar-refractivity contribution >= 4 is 5.91 Å². The van der Waals surface area contributed by atoms with E-state index in [1.807, 2.05) is 18.2 Å². The normalized spacial score (nSPS) is 19.9. The molecule has 0 unspecified atom stereocenters. The number of para-hydroxylation sites is 1. The summed E-state index contributed by atoms with van der Waals surface area (Å²) in [6, 6.07) is 5.77. The topological polar surface area (TPSA) is 85.5 Å². The van der Waals surface area contributed by atoms with Crippen LogP contribution in [0.3, 0.4) is 0 Å². The van der Waals surface area contributed by atoms with Crippen LogP contribution in [-0.2, 0) is 0 Å². The van der Waals surface area contributed by atoms with Gasteiger partial charge in [0.25, 0.3) is 5.91 Å². The summed E-state index contributed by atoms with van der Waals surface area (Å²) >= 11 is 0. The number of carbonyl (C=O) groups excluding carboxylic acids is 1. The molecule has 1 fully saturated rings. The minimum atomic E-state index is -0.0902. The molecule has 0 spiro atoms. The van der Waals surface area contributed by atoms with Crippen molar-refractivity contribution in [1.29, 1.82) is 0 Å². The molecule has 1 amide bonds. The number of carbonyl (C=O) groups is 1. The van der Waals surface area contributed by atoms with Crippen LogP contribution in [0, 0.1) is 0 Å². The van der Waals surface area contributed by atoms with Gasteiger partial charge in [-0.15, -0.1) is 0 Å². The van der Waals surface area contributed by atoms with Gasteiger partial charge in [0.2, 0.25) is 5.75 Å². The van der Waals surface area contributed by atoms with Crippen LogP contribution in [0.1, 0.15) is 36.0 Å². The lowest BCUT2D eigenvalue weighted by Crippen LogP contribution is -2.39. The van der Waals surface area contributed by atoms with Crippen molar-refractivity contribution in [2.75, 3.05) is 14.2 Å². The number of nitrogens with zero attached hydrogens (tertiary/aromatic N) is 1. The largest absolute Gasteiger partial charge is 0.493 e. The van der Waals surface area contributed by atoms with Crippen molar-refractivity contribution < 1.29 is 19.0 Å². The second kappa shape index (κ2) is 7.92. The van der Waals surface area contributed by atoms with Crippen LogP contribution in [0.4, 0.5) is 0 Å². The molecule has 7 nitrogen and oxygen atoms in total. The number of aromatic amines is 1. The molecule has 1 aromatic heterocycles. The number of aromatic nitrogens is 2. The van der Waals surface area contributed by atoms with Crippen molar-refractivity contribution in [2.24, 2.45) is 0 Å². The molecule has 1 heterocycles. The van der Waals surface area contributed by atoms with Gasteiger partial charge in [0.1, 0.15) is 0 Å². The molecule has 3 rings (SSSR count). The number of methoxy groups -OCH3 is 2. The van der Waals surface area contributed by atoms with Crippen LogP contribution >= 0.6 is 0 Å².